The molecule has 1 amide bonds. The highest BCUT2D eigenvalue weighted by Gasteiger charge is 2.29. The number of hydrogen-bond acceptors (Lipinski definition) is 6. The van der Waals surface area contributed by atoms with Crippen molar-refractivity contribution in [2.45, 2.75) is 6.61 Å². The van der Waals surface area contributed by atoms with Crippen LogP contribution in [0.15, 0.2) is 40.9 Å². The minimum atomic E-state index is -0.456. The van der Waals surface area contributed by atoms with Crippen molar-refractivity contribution in [3.05, 3.63) is 52.7 Å². The Kier molecular flexibility index (Phi) is 4.37. The van der Waals surface area contributed by atoms with Crippen LogP contribution >= 0.6 is 11.6 Å². The van der Waals surface area contributed by atoms with Gasteiger partial charge in [0.05, 0.1) is 36.1 Å². The van der Waals surface area contributed by atoms with Gasteiger partial charge in [0.25, 0.3) is 5.91 Å². The number of aromatic nitrogens is 1. The third kappa shape index (κ3) is 2.96. The number of amides is 1. The summed E-state index contributed by atoms with van der Waals surface area (Å²) in [5.41, 5.74) is 1.89. The van der Waals surface area contributed by atoms with Crippen molar-refractivity contribution in [2.75, 3.05) is 19.5 Å². The molecule has 0 unspecified atom stereocenters. The van der Waals surface area contributed by atoms with Gasteiger partial charge in [-0.05, 0) is 18.2 Å². The highest BCUT2D eigenvalue weighted by atomic mass is 35.5. The van der Waals surface area contributed by atoms with Gasteiger partial charge in [-0.15, -0.1) is 0 Å². The van der Waals surface area contributed by atoms with Gasteiger partial charge in [-0.25, -0.2) is 0 Å². The number of halogens is 1. The Balaban J connectivity index is 1.67. The van der Waals surface area contributed by atoms with E-state index >= 15 is 0 Å². The molecule has 0 atom stereocenters. The second-order valence-electron chi connectivity index (χ2n) is 5.76. The summed E-state index contributed by atoms with van der Waals surface area (Å²) in [6, 6.07) is 10.6. The molecule has 1 N–H and O–H groups in total. The number of benzene rings is 2. The van der Waals surface area contributed by atoms with Crippen molar-refractivity contribution in [3.8, 4) is 28.6 Å². The Labute approximate surface area is 159 Å². The summed E-state index contributed by atoms with van der Waals surface area (Å²) in [6.07, 6.45) is 0. The fraction of sp³-hybridized carbons (Fsp3) is 0.158. The number of methoxy groups -OCH3 is 2. The van der Waals surface area contributed by atoms with Crippen molar-refractivity contribution in [2.24, 2.45) is 0 Å². The summed E-state index contributed by atoms with van der Waals surface area (Å²) in [6.45, 7) is 0.194. The van der Waals surface area contributed by atoms with Crippen LogP contribution in [0.5, 0.6) is 17.2 Å². The Morgan fingerprint density at radius 1 is 1.19 bits per heavy atom. The monoisotopic (exact) mass is 386 g/mol. The van der Waals surface area contributed by atoms with Crippen LogP contribution in [0.1, 0.15) is 16.1 Å². The van der Waals surface area contributed by atoms with E-state index in [1.165, 1.54) is 14.2 Å². The number of fused-ring (bicyclic) bond motifs is 3. The molecule has 0 saturated carbocycles. The lowest BCUT2D eigenvalue weighted by molar-refractivity contribution is 0.101. The summed E-state index contributed by atoms with van der Waals surface area (Å²) >= 11 is 6.15. The van der Waals surface area contributed by atoms with Gasteiger partial charge in [0.1, 0.15) is 23.9 Å². The molecule has 8 heteroatoms. The zero-order valence-electron chi connectivity index (χ0n) is 14.5. The van der Waals surface area contributed by atoms with Crippen LogP contribution in [0.4, 0.5) is 5.69 Å². The van der Waals surface area contributed by atoms with Crippen LogP contribution in [0, 0.1) is 0 Å². The zero-order valence-corrected chi connectivity index (χ0v) is 15.3. The van der Waals surface area contributed by atoms with Crippen LogP contribution in [0.25, 0.3) is 11.3 Å². The lowest BCUT2D eigenvalue weighted by Gasteiger charge is -2.16. The van der Waals surface area contributed by atoms with E-state index in [4.69, 9.17) is 30.3 Å². The predicted octanol–water partition coefficient (Wildman–Crippen LogP) is 4.16. The van der Waals surface area contributed by atoms with Crippen molar-refractivity contribution in [1.82, 2.24) is 5.16 Å². The summed E-state index contributed by atoms with van der Waals surface area (Å²) in [4.78, 5) is 12.8. The second kappa shape index (κ2) is 6.85. The summed E-state index contributed by atoms with van der Waals surface area (Å²) < 4.78 is 21.6. The average molecular weight is 387 g/mol. The van der Waals surface area contributed by atoms with E-state index in [-0.39, 0.29) is 12.3 Å². The summed E-state index contributed by atoms with van der Waals surface area (Å²) in [7, 11) is 2.99. The van der Waals surface area contributed by atoms with Crippen molar-refractivity contribution in [3.63, 3.8) is 0 Å². The number of rotatable bonds is 4. The molecule has 0 radical (unpaired) electrons. The molecule has 0 bridgehead atoms. The Morgan fingerprint density at radius 2 is 1.96 bits per heavy atom. The minimum Gasteiger partial charge on any atom is -0.495 e. The number of ether oxygens (including phenoxy) is 3. The van der Waals surface area contributed by atoms with E-state index < -0.39 is 5.91 Å². The first kappa shape index (κ1) is 17.2. The quantitative estimate of drug-likeness (QED) is 0.725. The maximum absolute atomic E-state index is 12.8. The molecule has 3 aromatic rings. The van der Waals surface area contributed by atoms with Gasteiger partial charge in [-0.2, -0.15) is 0 Å². The largest absolute Gasteiger partial charge is 0.495 e. The maximum Gasteiger partial charge on any atom is 0.278 e. The van der Waals surface area contributed by atoms with Gasteiger partial charge < -0.3 is 24.1 Å². The van der Waals surface area contributed by atoms with Gasteiger partial charge in [0.2, 0.25) is 0 Å². The van der Waals surface area contributed by atoms with Crippen LogP contribution < -0.4 is 19.5 Å². The first-order valence-corrected chi connectivity index (χ1v) is 8.43. The molecule has 7 nitrogen and oxygen atoms in total. The number of carbonyl (C=O) groups excluding carboxylic acids is 1. The maximum atomic E-state index is 12.8. The van der Waals surface area contributed by atoms with Crippen molar-refractivity contribution < 1.29 is 23.5 Å². The van der Waals surface area contributed by atoms with Crippen molar-refractivity contribution >= 4 is 23.2 Å². The summed E-state index contributed by atoms with van der Waals surface area (Å²) in [5, 5.41) is 7.03. The Bertz CT molecular complexity index is 1030. The molecule has 1 aliphatic rings. The molecule has 4 rings (SSSR count). The van der Waals surface area contributed by atoms with Crippen LogP contribution in [-0.2, 0) is 6.61 Å². The van der Waals surface area contributed by atoms with Gasteiger partial charge >= 0.3 is 0 Å². The molecule has 2 heterocycles. The third-order valence-corrected chi connectivity index (χ3v) is 4.52. The van der Waals surface area contributed by atoms with Crippen molar-refractivity contribution in [1.29, 1.82) is 0 Å². The van der Waals surface area contributed by atoms with E-state index in [1.54, 1.807) is 12.1 Å². The second-order valence-corrected chi connectivity index (χ2v) is 6.17. The molecule has 0 spiro atoms. The molecule has 27 heavy (non-hydrogen) atoms. The topological polar surface area (TPSA) is 82.8 Å². The smallest absolute Gasteiger partial charge is 0.278 e. The molecule has 0 aliphatic carbocycles. The van der Waals surface area contributed by atoms with E-state index in [2.05, 4.69) is 10.5 Å². The average Bonchev–Trinajstić information content (AvgIpc) is 3.13. The number of para-hydroxylation sites is 1. The first-order valence-electron chi connectivity index (χ1n) is 8.06. The van der Waals surface area contributed by atoms with Gasteiger partial charge in [0, 0.05) is 6.07 Å². The highest BCUT2D eigenvalue weighted by Crippen LogP contribution is 2.39. The fourth-order valence-corrected chi connectivity index (χ4v) is 3.14. The Hall–Kier alpha value is -3.19. The SMILES string of the molecule is COc1cc(OC)c(NC(=O)c2noc3c2COc2ccccc2-3)cc1Cl. The summed E-state index contributed by atoms with van der Waals surface area (Å²) in [5.74, 6) is 1.61. The lowest BCUT2D eigenvalue weighted by atomic mass is 10.0. The number of nitrogens with one attached hydrogen (secondary N) is 1. The zero-order chi connectivity index (χ0) is 19.0. The predicted molar refractivity (Wildman–Crippen MR) is 98.8 cm³/mol. The fourth-order valence-electron chi connectivity index (χ4n) is 2.90. The van der Waals surface area contributed by atoms with Crippen LogP contribution in [-0.4, -0.2) is 25.3 Å². The number of carbonyl (C=O) groups is 1. The molecule has 138 valence electrons. The normalized spacial score (nSPS) is 11.8. The standard InChI is InChI=1S/C19H15ClN2O5/c1-24-15-8-16(25-2)13(7-12(15)20)21-19(23)17-11-9-26-14-6-4-3-5-10(14)18(11)27-22-17/h3-8H,9H2,1-2H3,(H,21,23). The molecular weight excluding hydrogens is 372 g/mol. The van der Waals surface area contributed by atoms with Gasteiger partial charge in [-0.3, -0.25) is 4.79 Å². The molecular formula is C19H15ClN2O5. The number of hydrogen-bond donors (Lipinski definition) is 1. The molecule has 0 saturated heterocycles. The van der Waals surface area contributed by atoms with E-state index in [0.717, 1.165) is 5.56 Å². The molecule has 1 aliphatic heterocycles. The van der Waals surface area contributed by atoms with Crippen LogP contribution in [0.2, 0.25) is 5.02 Å². The van der Waals surface area contributed by atoms with E-state index in [9.17, 15) is 4.79 Å². The van der Waals surface area contributed by atoms with Gasteiger partial charge in [0.15, 0.2) is 11.5 Å². The molecule has 1 aromatic heterocycles. The number of anilines is 1. The third-order valence-electron chi connectivity index (χ3n) is 4.23. The molecule has 2 aromatic carbocycles. The van der Waals surface area contributed by atoms with E-state index in [0.29, 0.717) is 39.3 Å². The van der Waals surface area contributed by atoms with Gasteiger partial charge in [-0.1, -0.05) is 28.9 Å². The lowest BCUT2D eigenvalue weighted by Crippen LogP contribution is -2.17. The highest BCUT2D eigenvalue weighted by molar-refractivity contribution is 6.32. The molecule has 0 fully saturated rings. The number of nitrogens with zero attached hydrogens (tertiary/aromatic N) is 1. The Morgan fingerprint density at radius 3 is 2.74 bits per heavy atom. The minimum absolute atomic E-state index is 0.147. The van der Waals surface area contributed by atoms with Crippen LogP contribution in [0.3, 0.4) is 0 Å². The first-order chi connectivity index (χ1) is 13.1. The van der Waals surface area contributed by atoms with E-state index in [1.807, 2.05) is 24.3 Å².